The van der Waals surface area contributed by atoms with Gasteiger partial charge >= 0.3 is 0 Å². The fourth-order valence-electron chi connectivity index (χ4n) is 0.892. The lowest BCUT2D eigenvalue weighted by Crippen LogP contribution is -2.35. The van der Waals surface area contributed by atoms with Gasteiger partial charge in [-0.05, 0) is 47.5 Å². The van der Waals surface area contributed by atoms with Crippen molar-refractivity contribution in [2.24, 2.45) is 0 Å². The van der Waals surface area contributed by atoms with Gasteiger partial charge in [-0.25, -0.2) is 0 Å². The Labute approximate surface area is 105 Å². The second-order valence-electron chi connectivity index (χ2n) is 4.85. The smallest absolute Gasteiger partial charge is 0.105 e. The van der Waals surface area contributed by atoms with E-state index < -0.39 is 0 Å². The molecule has 1 nitrogen and oxygen atoms in total. The molecule has 0 heterocycles. The molecule has 0 spiro atoms. The van der Waals surface area contributed by atoms with Crippen molar-refractivity contribution in [2.45, 2.75) is 77.3 Å². The van der Waals surface area contributed by atoms with E-state index in [1.165, 1.54) is 0 Å². The van der Waals surface area contributed by atoms with Crippen molar-refractivity contribution in [3.63, 3.8) is 0 Å². The molecule has 0 aliphatic carbocycles. The number of alkyl halides is 2. The summed E-state index contributed by atoms with van der Waals surface area (Å²) >= 11 is 10.1. The average Bonchev–Trinajstić information content (AvgIpc) is 2.02. The first-order valence-electron chi connectivity index (χ1n) is 5.54. The van der Waals surface area contributed by atoms with Gasteiger partial charge in [-0.2, -0.15) is 0 Å². The largest absolute Gasteiger partial charge is 0.370 e. The van der Waals surface area contributed by atoms with Crippen LogP contribution in [0.1, 0.15) is 61.3 Å². The van der Waals surface area contributed by atoms with Gasteiger partial charge in [0.05, 0.1) is 11.2 Å². The van der Waals surface area contributed by atoms with Crippen LogP contribution in [0.2, 0.25) is 0 Å². The van der Waals surface area contributed by atoms with Gasteiger partial charge in [0.2, 0.25) is 0 Å². The molecule has 94 valence electrons. The standard InChI is InChI=1S/C10H22O.C2H4Cl2/c1-7-9(3,4)11-10(5,6)8-2;1-2(3)4/h7-8H2,1-6H3;2H,1H3. The summed E-state index contributed by atoms with van der Waals surface area (Å²) < 4.78 is 5.92. The normalized spacial score (nSPS) is 12.4. The summed E-state index contributed by atoms with van der Waals surface area (Å²) in [7, 11) is 0. The average molecular weight is 257 g/mol. The topological polar surface area (TPSA) is 9.23 Å². The van der Waals surface area contributed by atoms with Gasteiger partial charge in [-0.15, -0.1) is 23.2 Å². The highest BCUT2D eigenvalue weighted by Crippen LogP contribution is 2.24. The molecule has 0 radical (unpaired) electrons. The molecule has 0 fully saturated rings. The molecule has 0 aromatic rings. The minimum absolute atomic E-state index is 0.0273. The summed E-state index contributed by atoms with van der Waals surface area (Å²) in [6.07, 6.45) is 2.13. The summed E-state index contributed by atoms with van der Waals surface area (Å²) in [6.45, 7) is 14.6. The Hall–Kier alpha value is 0.540. The zero-order valence-corrected chi connectivity index (χ0v) is 12.7. The zero-order chi connectivity index (χ0) is 12.7. The highest BCUT2D eigenvalue weighted by atomic mass is 35.5. The number of hydrogen-bond donors (Lipinski definition) is 0. The maximum absolute atomic E-state index is 5.92. The molecule has 0 atom stereocenters. The number of ether oxygens (including phenoxy) is 1. The first-order valence-corrected chi connectivity index (χ1v) is 6.42. The monoisotopic (exact) mass is 256 g/mol. The van der Waals surface area contributed by atoms with Crippen LogP contribution >= 0.6 is 23.2 Å². The van der Waals surface area contributed by atoms with Gasteiger partial charge in [-0.1, -0.05) is 13.8 Å². The maximum Gasteiger partial charge on any atom is 0.105 e. The fourth-order valence-corrected chi connectivity index (χ4v) is 0.892. The predicted octanol–water partition coefficient (Wildman–Crippen LogP) is 5.19. The predicted molar refractivity (Wildman–Crippen MR) is 71.0 cm³/mol. The lowest BCUT2D eigenvalue weighted by molar-refractivity contribution is -0.124. The summed E-state index contributed by atoms with van der Waals surface area (Å²) in [5.41, 5.74) is 0.0546. The number of hydrogen-bond acceptors (Lipinski definition) is 1. The van der Waals surface area contributed by atoms with Crippen molar-refractivity contribution in [2.75, 3.05) is 0 Å². The molecule has 0 saturated heterocycles. The highest BCUT2D eigenvalue weighted by Gasteiger charge is 2.25. The van der Waals surface area contributed by atoms with Gasteiger partial charge in [0.15, 0.2) is 0 Å². The van der Waals surface area contributed by atoms with Gasteiger partial charge in [0.1, 0.15) is 4.84 Å². The van der Waals surface area contributed by atoms with E-state index in [-0.39, 0.29) is 16.0 Å². The molecular formula is C12H26Cl2O. The van der Waals surface area contributed by atoms with Crippen LogP contribution in [0.5, 0.6) is 0 Å². The summed E-state index contributed by atoms with van der Waals surface area (Å²) in [5, 5.41) is 0. The highest BCUT2D eigenvalue weighted by molar-refractivity contribution is 6.43. The van der Waals surface area contributed by atoms with Crippen LogP contribution in [-0.4, -0.2) is 16.0 Å². The van der Waals surface area contributed by atoms with Gasteiger partial charge in [-0.3, -0.25) is 0 Å². The van der Waals surface area contributed by atoms with Crippen molar-refractivity contribution >= 4 is 23.2 Å². The van der Waals surface area contributed by atoms with Gasteiger partial charge < -0.3 is 4.74 Å². The van der Waals surface area contributed by atoms with Crippen LogP contribution in [0.3, 0.4) is 0 Å². The lowest BCUT2D eigenvalue weighted by atomic mass is 10.0. The number of rotatable bonds is 4. The third-order valence-electron chi connectivity index (χ3n) is 2.26. The van der Waals surface area contributed by atoms with E-state index in [2.05, 4.69) is 41.5 Å². The minimum atomic E-state index is -0.222. The van der Waals surface area contributed by atoms with Crippen molar-refractivity contribution in [1.29, 1.82) is 0 Å². The van der Waals surface area contributed by atoms with E-state index in [0.29, 0.717) is 0 Å². The Kier molecular flexibility index (Phi) is 9.26. The van der Waals surface area contributed by atoms with Crippen LogP contribution in [-0.2, 0) is 4.74 Å². The van der Waals surface area contributed by atoms with Crippen LogP contribution in [0, 0.1) is 0 Å². The molecule has 0 aliphatic heterocycles. The molecule has 0 aromatic carbocycles. The van der Waals surface area contributed by atoms with Gasteiger partial charge in [0, 0.05) is 0 Å². The third-order valence-corrected chi connectivity index (χ3v) is 2.26. The molecule has 0 N–H and O–H groups in total. The number of halogens is 2. The second-order valence-corrected chi connectivity index (χ2v) is 6.38. The van der Waals surface area contributed by atoms with Crippen LogP contribution in [0.4, 0.5) is 0 Å². The SMILES string of the molecule is CC(Cl)Cl.CCC(C)(C)OC(C)(C)CC. The summed E-state index contributed by atoms with van der Waals surface area (Å²) in [5.74, 6) is 0. The first kappa shape index (κ1) is 17.9. The van der Waals surface area contributed by atoms with E-state index >= 15 is 0 Å². The molecule has 0 aliphatic rings. The quantitative estimate of drug-likeness (QED) is 0.630. The van der Waals surface area contributed by atoms with Crippen molar-refractivity contribution < 1.29 is 4.74 Å². The summed E-state index contributed by atoms with van der Waals surface area (Å²) in [6, 6.07) is 0. The Bertz CT molecular complexity index is 137. The Morgan fingerprint density at radius 1 is 0.933 bits per heavy atom. The van der Waals surface area contributed by atoms with Crippen molar-refractivity contribution in [3.05, 3.63) is 0 Å². The fraction of sp³-hybridized carbons (Fsp3) is 1.00. The van der Waals surface area contributed by atoms with E-state index in [9.17, 15) is 0 Å². The molecule has 0 aromatic heterocycles. The molecule has 3 heteroatoms. The molecule has 0 amide bonds. The second kappa shape index (κ2) is 7.76. The van der Waals surface area contributed by atoms with Gasteiger partial charge in [0.25, 0.3) is 0 Å². The van der Waals surface area contributed by atoms with E-state index in [1.54, 1.807) is 6.92 Å². The van der Waals surface area contributed by atoms with Crippen LogP contribution in [0.15, 0.2) is 0 Å². The van der Waals surface area contributed by atoms with Crippen molar-refractivity contribution in [1.82, 2.24) is 0 Å². The minimum Gasteiger partial charge on any atom is -0.370 e. The molecule has 0 unspecified atom stereocenters. The summed E-state index contributed by atoms with van der Waals surface area (Å²) in [4.78, 5) is -0.222. The Morgan fingerprint density at radius 3 is 1.27 bits per heavy atom. The lowest BCUT2D eigenvalue weighted by Gasteiger charge is -2.34. The van der Waals surface area contributed by atoms with Crippen LogP contribution < -0.4 is 0 Å². The van der Waals surface area contributed by atoms with Crippen LogP contribution in [0.25, 0.3) is 0 Å². The Morgan fingerprint density at radius 2 is 1.13 bits per heavy atom. The molecule has 0 bridgehead atoms. The molecule has 0 saturated carbocycles. The van der Waals surface area contributed by atoms with E-state index in [4.69, 9.17) is 27.9 Å². The molecule has 0 rings (SSSR count). The van der Waals surface area contributed by atoms with Crippen molar-refractivity contribution in [3.8, 4) is 0 Å². The van der Waals surface area contributed by atoms with E-state index in [1.807, 2.05) is 0 Å². The third kappa shape index (κ3) is 14.5. The van der Waals surface area contributed by atoms with E-state index in [0.717, 1.165) is 12.8 Å². The molecular weight excluding hydrogens is 231 g/mol. The molecule has 15 heavy (non-hydrogen) atoms. The Balaban J connectivity index is 0. The first-order chi connectivity index (χ1) is 6.56. The zero-order valence-electron chi connectivity index (χ0n) is 11.2. The maximum atomic E-state index is 5.92.